The first-order chi connectivity index (χ1) is 9.36. The zero-order chi connectivity index (χ0) is 14.9. The minimum absolute atomic E-state index is 0.00252. The van der Waals surface area contributed by atoms with Crippen molar-refractivity contribution >= 4 is 27.8 Å². The number of hydrogen-bond acceptors (Lipinski definition) is 2. The second-order valence-corrected chi connectivity index (χ2v) is 6.52. The fourth-order valence-corrected chi connectivity index (χ4v) is 2.94. The average Bonchev–Trinajstić information content (AvgIpc) is 2.85. The van der Waals surface area contributed by atoms with Crippen molar-refractivity contribution in [2.45, 2.75) is 20.3 Å². The van der Waals surface area contributed by atoms with Gasteiger partial charge < -0.3 is 10.0 Å². The molecule has 1 amide bonds. The molecule has 1 atom stereocenters. The van der Waals surface area contributed by atoms with Gasteiger partial charge in [-0.25, -0.2) is 0 Å². The fourth-order valence-electron chi connectivity index (χ4n) is 2.67. The quantitative estimate of drug-likeness (QED) is 0.920. The number of carbonyl (C=O) groups is 2. The summed E-state index contributed by atoms with van der Waals surface area (Å²) in [5, 5.41) is 9.50. The second-order valence-electron chi connectivity index (χ2n) is 5.60. The van der Waals surface area contributed by atoms with Crippen LogP contribution in [-0.2, 0) is 4.79 Å². The SMILES string of the molecule is CC(C)C1(C(=O)O)CCN(C(=O)c2ccc(Br)cc2)C1. The molecule has 1 unspecified atom stereocenters. The molecule has 108 valence electrons. The van der Waals surface area contributed by atoms with Gasteiger partial charge in [-0.15, -0.1) is 0 Å². The molecule has 4 nitrogen and oxygen atoms in total. The molecule has 0 saturated carbocycles. The van der Waals surface area contributed by atoms with E-state index in [0.717, 1.165) is 4.47 Å². The Kier molecular flexibility index (Phi) is 4.18. The molecule has 1 aromatic rings. The van der Waals surface area contributed by atoms with E-state index in [1.54, 1.807) is 17.0 Å². The molecule has 1 fully saturated rings. The maximum atomic E-state index is 12.4. The zero-order valence-electron chi connectivity index (χ0n) is 11.6. The maximum absolute atomic E-state index is 12.4. The van der Waals surface area contributed by atoms with Gasteiger partial charge in [0.05, 0.1) is 5.41 Å². The number of hydrogen-bond donors (Lipinski definition) is 1. The van der Waals surface area contributed by atoms with Crippen molar-refractivity contribution in [2.75, 3.05) is 13.1 Å². The number of likely N-dealkylation sites (tertiary alicyclic amines) is 1. The lowest BCUT2D eigenvalue weighted by molar-refractivity contribution is -0.150. The van der Waals surface area contributed by atoms with Gasteiger partial charge in [0.15, 0.2) is 0 Å². The number of aliphatic carboxylic acids is 1. The Bertz CT molecular complexity index is 526. The molecule has 2 rings (SSSR count). The van der Waals surface area contributed by atoms with Crippen LogP contribution < -0.4 is 0 Å². The van der Waals surface area contributed by atoms with E-state index in [4.69, 9.17) is 0 Å². The summed E-state index contributed by atoms with van der Waals surface area (Å²) in [5.74, 6) is -0.900. The summed E-state index contributed by atoms with van der Waals surface area (Å²) < 4.78 is 0.914. The Hall–Kier alpha value is -1.36. The average molecular weight is 340 g/mol. The number of carboxylic acid groups (broad SMARTS) is 1. The lowest BCUT2D eigenvalue weighted by Gasteiger charge is -2.28. The smallest absolute Gasteiger partial charge is 0.311 e. The summed E-state index contributed by atoms with van der Waals surface area (Å²) in [6.45, 7) is 4.59. The van der Waals surface area contributed by atoms with Crippen LogP contribution in [0.1, 0.15) is 30.6 Å². The van der Waals surface area contributed by atoms with Gasteiger partial charge in [-0.3, -0.25) is 9.59 Å². The minimum Gasteiger partial charge on any atom is -0.481 e. The topological polar surface area (TPSA) is 57.6 Å². The Morgan fingerprint density at radius 1 is 1.30 bits per heavy atom. The van der Waals surface area contributed by atoms with E-state index in [2.05, 4.69) is 15.9 Å². The monoisotopic (exact) mass is 339 g/mol. The van der Waals surface area contributed by atoms with Crippen molar-refractivity contribution in [3.8, 4) is 0 Å². The number of benzene rings is 1. The second kappa shape index (κ2) is 5.56. The Balaban J connectivity index is 2.18. The summed E-state index contributed by atoms with van der Waals surface area (Å²) in [7, 11) is 0. The van der Waals surface area contributed by atoms with E-state index < -0.39 is 11.4 Å². The van der Waals surface area contributed by atoms with E-state index >= 15 is 0 Å². The standard InChI is InChI=1S/C15H18BrNO3/c1-10(2)15(14(19)20)7-8-17(9-15)13(18)11-3-5-12(16)6-4-11/h3-6,10H,7-9H2,1-2H3,(H,19,20). The summed E-state index contributed by atoms with van der Waals surface area (Å²) >= 11 is 3.33. The molecule has 0 bridgehead atoms. The highest BCUT2D eigenvalue weighted by molar-refractivity contribution is 9.10. The van der Waals surface area contributed by atoms with Gasteiger partial charge in [0.25, 0.3) is 5.91 Å². The zero-order valence-corrected chi connectivity index (χ0v) is 13.2. The van der Waals surface area contributed by atoms with Crippen molar-refractivity contribution in [3.63, 3.8) is 0 Å². The third kappa shape index (κ3) is 2.59. The van der Waals surface area contributed by atoms with Crippen LogP contribution in [0.25, 0.3) is 0 Å². The first kappa shape index (κ1) is 15.0. The van der Waals surface area contributed by atoms with Crippen LogP contribution >= 0.6 is 15.9 Å². The number of carbonyl (C=O) groups excluding carboxylic acids is 1. The molecule has 0 spiro atoms. The van der Waals surface area contributed by atoms with Gasteiger partial charge in [-0.2, -0.15) is 0 Å². The first-order valence-electron chi connectivity index (χ1n) is 6.65. The predicted octanol–water partition coefficient (Wildman–Crippen LogP) is 3.02. The molecule has 1 heterocycles. The van der Waals surface area contributed by atoms with Gasteiger partial charge in [0.2, 0.25) is 0 Å². The summed E-state index contributed by atoms with van der Waals surface area (Å²) in [6, 6.07) is 7.14. The Labute approximate surface area is 126 Å². The molecule has 0 aliphatic carbocycles. The highest BCUT2D eigenvalue weighted by atomic mass is 79.9. The number of nitrogens with zero attached hydrogens (tertiary/aromatic N) is 1. The van der Waals surface area contributed by atoms with E-state index in [1.165, 1.54) is 0 Å². The molecule has 20 heavy (non-hydrogen) atoms. The highest BCUT2D eigenvalue weighted by Gasteiger charge is 2.48. The van der Waals surface area contributed by atoms with Crippen LogP contribution in [0.4, 0.5) is 0 Å². The first-order valence-corrected chi connectivity index (χ1v) is 7.44. The molecule has 0 aromatic heterocycles. The van der Waals surface area contributed by atoms with Crippen LogP contribution in [0.2, 0.25) is 0 Å². The van der Waals surface area contributed by atoms with Crippen LogP contribution in [0.5, 0.6) is 0 Å². The fraction of sp³-hybridized carbons (Fsp3) is 0.467. The predicted molar refractivity (Wildman–Crippen MR) is 79.6 cm³/mol. The molecular weight excluding hydrogens is 322 g/mol. The lowest BCUT2D eigenvalue weighted by Crippen LogP contribution is -2.40. The molecule has 1 aliphatic rings. The van der Waals surface area contributed by atoms with Crippen molar-refractivity contribution < 1.29 is 14.7 Å². The van der Waals surface area contributed by atoms with E-state index in [-0.39, 0.29) is 18.4 Å². The molecular formula is C15H18BrNO3. The van der Waals surface area contributed by atoms with Crippen molar-refractivity contribution in [1.29, 1.82) is 0 Å². The minimum atomic E-state index is -0.814. The number of rotatable bonds is 3. The van der Waals surface area contributed by atoms with Crippen LogP contribution in [0.15, 0.2) is 28.7 Å². The summed E-state index contributed by atoms with van der Waals surface area (Å²) in [4.78, 5) is 25.6. The largest absolute Gasteiger partial charge is 0.481 e. The Morgan fingerprint density at radius 3 is 2.35 bits per heavy atom. The van der Waals surface area contributed by atoms with Gasteiger partial charge in [-0.1, -0.05) is 29.8 Å². The number of amides is 1. The van der Waals surface area contributed by atoms with Crippen molar-refractivity contribution in [2.24, 2.45) is 11.3 Å². The van der Waals surface area contributed by atoms with Gasteiger partial charge in [0, 0.05) is 23.1 Å². The molecule has 1 aliphatic heterocycles. The van der Waals surface area contributed by atoms with Crippen LogP contribution in [0.3, 0.4) is 0 Å². The molecule has 5 heteroatoms. The van der Waals surface area contributed by atoms with Crippen molar-refractivity contribution in [1.82, 2.24) is 4.90 Å². The number of halogens is 1. The number of carboxylic acids is 1. The van der Waals surface area contributed by atoms with Crippen LogP contribution in [-0.4, -0.2) is 35.0 Å². The summed E-state index contributed by atoms with van der Waals surface area (Å²) in [6.07, 6.45) is 0.516. The Morgan fingerprint density at radius 2 is 1.90 bits per heavy atom. The highest BCUT2D eigenvalue weighted by Crippen LogP contribution is 2.38. The maximum Gasteiger partial charge on any atom is 0.311 e. The summed E-state index contributed by atoms with van der Waals surface area (Å²) in [5.41, 5.74) is -0.219. The van der Waals surface area contributed by atoms with Gasteiger partial charge in [-0.05, 0) is 36.6 Å². The van der Waals surface area contributed by atoms with E-state index in [9.17, 15) is 14.7 Å². The van der Waals surface area contributed by atoms with Gasteiger partial charge >= 0.3 is 5.97 Å². The van der Waals surface area contributed by atoms with E-state index in [0.29, 0.717) is 18.5 Å². The van der Waals surface area contributed by atoms with Crippen LogP contribution in [0, 0.1) is 11.3 Å². The normalized spacial score (nSPS) is 22.3. The molecule has 1 N–H and O–H groups in total. The molecule has 1 aromatic carbocycles. The third-order valence-electron chi connectivity index (χ3n) is 4.21. The van der Waals surface area contributed by atoms with E-state index in [1.807, 2.05) is 26.0 Å². The lowest BCUT2D eigenvalue weighted by atomic mass is 9.76. The van der Waals surface area contributed by atoms with Gasteiger partial charge in [0.1, 0.15) is 0 Å². The third-order valence-corrected chi connectivity index (χ3v) is 4.74. The molecule has 1 saturated heterocycles. The van der Waals surface area contributed by atoms with Crippen molar-refractivity contribution in [3.05, 3.63) is 34.3 Å². The molecule has 0 radical (unpaired) electrons.